The molecule has 1 N–H and O–H groups in total. The number of likely N-dealkylation sites (N-methyl/N-ethyl adjacent to an activating group) is 1. The van der Waals surface area contributed by atoms with Gasteiger partial charge in [0.05, 0.1) is 28.2 Å². The number of thiazole rings is 1. The zero-order valence-corrected chi connectivity index (χ0v) is 16.1. The molecule has 6 nitrogen and oxygen atoms in total. The number of carbonyl (C=O) groups excluding carboxylic acids is 1. The van der Waals surface area contributed by atoms with Gasteiger partial charge in [-0.05, 0) is 31.2 Å². The Morgan fingerprint density at radius 2 is 1.85 bits per heavy atom. The molecule has 1 heterocycles. The monoisotopic (exact) mass is 389 g/mol. The molecular formula is C18H19N3O3S2. The van der Waals surface area contributed by atoms with Gasteiger partial charge >= 0.3 is 0 Å². The fourth-order valence-electron chi connectivity index (χ4n) is 2.40. The quantitative estimate of drug-likeness (QED) is 0.703. The number of sulfonamides is 1. The fourth-order valence-corrected chi connectivity index (χ4v) is 4.44. The van der Waals surface area contributed by atoms with Crippen molar-refractivity contribution in [1.82, 2.24) is 14.6 Å². The van der Waals surface area contributed by atoms with Crippen LogP contribution in [0.15, 0.2) is 53.4 Å². The van der Waals surface area contributed by atoms with E-state index in [4.69, 9.17) is 0 Å². The number of benzene rings is 2. The van der Waals surface area contributed by atoms with Crippen molar-refractivity contribution in [2.24, 2.45) is 0 Å². The molecule has 0 aliphatic heterocycles. The second kappa shape index (κ2) is 7.53. The van der Waals surface area contributed by atoms with E-state index in [9.17, 15) is 13.2 Å². The molecule has 2 aromatic carbocycles. The third kappa shape index (κ3) is 4.09. The minimum atomic E-state index is -3.69. The van der Waals surface area contributed by atoms with Crippen LogP contribution in [-0.2, 0) is 21.4 Å². The third-order valence-electron chi connectivity index (χ3n) is 3.87. The minimum Gasteiger partial charge on any atom is -0.348 e. The molecule has 136 valence electrons. The van der Waals surface area contributed by atoms with Gasteiger partial charge in [0.2, 0.25) is 15.9 Å². The lowest BCUT2D eigenvalue weighted by Gasteiger charge is -2.16. The molecule has 0 atom stereocenters. The van der Waals surface area contributed by atoms with Crippen LogP contribution in [0.3, 0.4) is 0 Å². The minimum absolute atomic E-state index is 0.171. The Bertz CT molecular complexity index is 994. The van der Waals surface area contributed by atoms with E-state index in [1.165, 1.54) is 18.4 Å². The highest BCUT2D eigenvalue weighted by Gasteiger charge is 2.22. The van der Waals surface area contributed by atoms with Crippen molar-refractivity contribution in [3.8, 4) is 0 Å². The van der Waals surface area contributed by atoms with Crippen molar-refractivity contribution in [3.05, 3.63) is 59.1 Å². The summed E-state index contributed by atoms with van der Waals surface area (Å²) in [6.07, 6.45) is 0. The molecule has 26 heavy (non-hydrogen) atoms. The first-order chi connectivity index (χ1) is 12.4. The molecule has 0 unspecified atom stereocenters. The summed E-state index contributed by atoms with van der Waals surface area (Å²) in [5.41, 5.74) is 1.86. The number of aryl methyl sites for hydroxylation is 1. The van der Waals surface area contributed by atoms with Crippen molar-refractivity contribution in [2.45, 2.75) is 18.4 Å². The maximum Gasteiger partial charge on any atom is 0.243 e. The van der Waals surface area contributed by atoms with Crippen LogP contribution in [0, 0.1) is 6.92 Å². The highest BCUT2D eigenvalue weighted by molar-refractivity contribution is 7.89. The zero-order chi connectivity index (χ0) is 18.7. The third-order valence-corrected chi connectivity index (χ3v) is 6.72. The zero-order valence-electron chi connectivity index (χ0n) is 14.5. The average Bonchev–Trinajstić information content (AvgIpc) is 3.03. The second-order valence-electron chi connectivity index (χ2n) is 5.93. The van der Waals surface area contributed by atoms with E-state index in [2.05, 4.69) is 10.3 Å². The van der Waals surface area contributed by atoms with Crippen LogP contribution < -0.4 is 5.32 Å². The summed E-state index contributed by atoms with van der Waals surface area (Å²) < 4.78 is 27.1. The molecule has 0 saturated carbocycles. The number of carbonyl (C=O) groups is 1. The van der Waals surface area contributed by atoms with Crippen molar-refractivity contribution in [3.63, 3.8) is 0 Å². The van der Waals surface area contributed by atoms with Gasteiger partial charge in [0.15, 0.2) is 0 Å². The van der Waals surface area contributed by atoms with Crippen LogP contribution in [0.5, 0.6) is 0 Å². The maximum absolute atomic E-state index is 12.5. The fraction of sp³-hybridized carbons (Fsp3) is 0.222. The highest BCUT2D eigenvalue weighted by atomic mass is 32.2. The first kappa shape index (κ1) is 18.5. The van der Waals surface area contributed by atoms with Crippen LogP contribution >= 0.6 is 11.3 Å². The number of aromatic nitrogens is 1. The summed E-state index contributed by atoms with van der Waals surface area (Å²) in [5, 5.41) is 3.51. The molecule has 3 rings (SSSR count). The van der Waals surface area contributed by atoms with Crippen molar-refractivity contribution in [2.75, 3.05) is 13.6 Å². The number of para-hydroxylation sites is 1. The Labute approximate surface area is 156 Å². The average molecular weight is 390 g/mol. The number of rotatable bonds is 6. The summed E-state index contributed by atoms with van der Waals surface area (Å²) in [4.78, 5) is 16.7. The van der Waals surface area contributed by atoms with Gasteiger partial charge in [0, 0.05) is 7.05 Å². The van der Waals surface area contributed by atoms with Crippen LogP contribution in [0.4, 0.5) is 0 Å². The molecule has 0 fully saturated rings. The van der Waals surface area contributed by atoms with Crippen molar-refractivity contribution >= 4 is 37.5 Å². The SMILES string of the molecule is Cc1ccc(S(=O)(=O)N(C)CC(=O)NCc2nc3ccccc3s2)cc1. The molecule has 1 aromatic heterocycles. The van der Waals surface area contributed by atoms with Crippen LogP contribution in [-0.4, -0.2) is 37.2 Å². The Hall–Kier alpha value is -2.29. The second-order valence-corrected chi connectivity index (χ2v) is 9.09. The summed E-state index contributed by atoms with van der Waals surface area (Å²) in [7, 11) is -2.30. The topological polar surface area (TPSA) is 79.4 Å². The van der Waals surface area contributed by atoms with E-state index in [1.54, 1.807) is 24.3 Å². The molecule has 1 amide bonds. The predicted octanol–water partition coefficient (Wildman–Crippen LogP) is 2.54. The number of hydrogen-bond donors (Lipinski definition) is 1. The lowest BCUT2D eigenvalue weighted by Crippen LogP contribution is -2.38. The maximum atomic E-state index is 12.5. The standard InChI is InChI=1S/C18H19N3O3S2/c1-13-7-9-14(10-8-13)26(23,24)21(2)12-17(22)19-11-18-20-15-5-3-4-6-16(15)25-18/h3-10H,11-12H2,1-2H3,(H,19,22). The van der Waals surface area contributed by atoms with Crippen molar-refractivity contribution in [1.29, 1.82) is 0 Å². The Morgan fingerprint density at radius 3 is 2.54 bits per heavy atom. The summed E-state index contributed by atoms with van der Waals surface area (Å²) in [5.74, 6) is -0.373. The number of hydrogen-bond acceptors (Lipinski definition) is 5. The first-order valence-corrected chi connectivity index (χ1v) is 10.3. The van der Waals surface area contributed by atoms with E-state index >= 15 is 0 Å². The van der Waals surface area contributed by atoms with E-state index in [0.29, 0.717) is 0 Å². The van der Waals surface area contributed by atoms with E-state index in [0.717, 1.165) is 25.1 Å². The molecule has 0 spiro atoms. The van der Waals surface area contributed by atoms with E-state index in [-0.39, 0.29) is 23.9 Å². The smallest absolute Gasteiger partial charge is 0.243 e. The Kier molecular flexibility index (Phi) is 5.36. The lowest BCUT2D eigenvalue weighted by atomic mass is 10.2. The number of amides is 1. The van der Waals surface area contributed by atoms with Crippen molar-refractivity contribution < 1.29 is 13.2 Å². The molecule has 0 bridgehead atoms. The largest absolute Gasteiger partial charge is 0.348 e. The van der Waals surface area contributed by atoms with Gasteiger partial charge in [0.25, 0.3) is 0 Å². The van der Waals surface area contributed by atoms with Gasteiger partial charge in [0.1, 0.15) is 5.01 Å². The first-order valence-electron chi connectivity index (χ1n) is 8.00. The number of nitrogens with one attached hydrogen (secondary N) is 1. The number of fused-ring (bicyclic) bond motifs is 1. The van der Waals surface area contributed by atoms with Gasteiger partial charge < -0.3 is 5.32 Å². The van der Waals surface area contributed by atoms with Gasteiger partial charge in [-0.2, -0.15) is 4.31 Å². The summed E-state index contributed by atoms with van der Waals surface area (Å²) in [6.45, 7) is 1.91. The van der Waals surface area contributed by atoms with Crippen LogP contribution in [0.1, 0.15) is 10.6 Å². The van der Waals surface area contributed by atoms with Crippen LogP contribution in [0.25, 0.3) is 10.2 Å². The Morgan fingerprint density at radius 1 is 1.15 bits per heavy atom. The number of nitrogens with zero attached hydrogens (tertiary/aromatic N) is 2. The molecule has 0 aliphatic rings. The van der Waals surface area contributed by atoms with Gasteiger partial charge in [-0.1, -0.05) is 29.8 Å². The molecule has 0 radical (unpaired) electrons. The molecule has 3 aromatic rings. The van der Waals surface area contributed by atoms with E-state index < -0.39 is 10.0 Å². The normalized spacial score (nSPS) is 11.8. The molecule has 0 aliphatic carbocycles. The lowest BCUT2D eigenvalue weighted by molar-refractivity contribution is -0.121. The summed E-state index contributed by atoms with van der Waals surface area (Å²) in [6, 6.07) is 14.3. The summed E-state index contributed by atoms with van der Waals surface area (Å²) >= 11 is 1.50. The molecule has 0 saturated heterocycles. The van der Waals surface area contributed by atoms with Crippen LogP contribution in [0.2, 0.25) is 0 Å². The Balaban J connectivity index is 1.60. The van der Waals surface area contributed by atoms with Gasteiger partial charge in [-0.15, -0.1) is 11.3 Å². The highest BCUT2D eigenvalue weighted by Crippen LogP contribution is 2.21. The predicted molar refractivity (Wildman–Crippen MR) is 102 cm³/mol. The molecule has 8 heteroatoms. The van der Waals surface area contributed by atoms with Gasteiger partial charge in [-0.3, -0.25) is 4.79 Å². The van der Waals surface area contributed by atoms with E-state index in [1.807, 2.05) is 31.2 Å². The van der Waals surface area contributed by atoms with Gasteiger partial charge in [-0.25, -0.2) is 13.4 Å². The molecular weight excluding hydrogens is 370 g/mol.